The standard InChI is InChI=1S/C16H20F3N3O2/c1-9(2)15-22-13-7-11(8-20-4-5-21-10(3)23)6-12(14(13)24-15)16(17,18)19/h6-7,9,20H,4-5,8H2,1-3H3,(H,21,23). The van der Waals surface area contributed by atoms with Crippen molar-refractivity contribution < 1.29 is 22.4 Å². The molecule has 8 heteroatoms. The van der Waals surface area contributed by atoms with Crippen molar-refractivity contribution in [3.05, 3.63) is 29.2 Å². The number of alkyl halides is 3. The molecule has 1 aromatic heterocycles. The first-order valence-electron chi connectivity index (χ1n) is 7.64. The molecule has 132 valence electrons. The van der Waals surface area contributed by atoms with Gasteiger partial charge in [0.05, 0.1) is 0 Å². The molecule has 0 bridgehead atoms. The Morgan fingerprint density at radius 2 is 2.00 bits per heavy atom. The Morgan fingerprint density at radius 3 is 2.58 bits per heavy atom. The average Bonchev–Trinajstić information content (AvgIpc) is 2.88. The molecule has 0 fully saturated rings. The molecule has 0 saturated heterocycles. The molecule has 0 saturated carbocycles. The van der Waals surface area contributed by atoms with E-state index in [1.165, 1.54) is 6.92 Å². The van der Waals surface area contributed by atoms with Gasteiger partial charge in [0.1, 0.15) is 11.1 Å². The second kappa shape index (κ2) is 7.21. The Morgan fingerprint density at radius 1 is 1.29 bits per heavy atom. The van der Waals surface area contributed by atoms with Crippen LogP contribution in [0.5, 0.6) is 0 Å². The lowest BCUT2D eigenvalue weighted by Gasteiger charge is -2.10. The minimum atomic E-state index is -4.52. The van der Waals surface area contributed by atoms with Gasteiger partial charge in [-0.1, -0.05) is 13.8 Å². The van der Waals surface area contributed by atoms with Crippen molar-refractivity contribution >= 4 is 17.0 Å². The van der Waals surface area contributed by atoms with Crippen LogP contribution in [0.15, 0.2) is 16.5 Å². The Kier molecular flexibility index (Phi) is 5.48. The van der Waals surface area contributed by atoms with Gasteiger partial charge < -0.3 is 15.1 Å². The number of halogens is 3. The molecular weight excluding hydrogens is 323 g/mol. The molecule has 0 atom stereocenters. The second-order valence-electron chi connectivity index (χ2n) is 5.86. The van der Waals surface area contributed by atoms with E-state index in [0.717, 1.165) is 6.07 Å². The van der Waals surface area contributed by atoms with Crippen LogP contribution in [-0.4, -0.2) is 24.0 Å². The summed E-state index contributed by atoms with van der Waals surface area (Å²) in [5.74, 6) is 0.0328. The van der Waals surface area contributed by atoms with E-state index in [9.17, 15) is 18.0 Å². The zero-order valence-electron chi connectivity index (χ0n) is 13.8. The highest BCUT2D eigenvalue weighted by atomic mass is 19.4. The third-order valence-corrected chi connectivity index (χ3v) is 3.37. The van der Waals surface area contributed by atoms with Crippen LogP contribution in [0.3, 0.4) is 0 Å². The molecule has 2 N–H and O–H groups in total. The van der Waals surface area contributed by atoms with E-state index in [1.54, 1.807) is 6.07 Å². The van der Waals surface area contributed by atoms with E-state index in [4.69, 9.17) is 4.42 Å². The lowest BCUT2D eigenvalue weighted by molar-refractivity contribution is -0.137. The molecule has 0 unspecified atom stereocenters. The highest BCUT2D eigenvalue weighted by Gasteiger charge is 2.35. The third-order valence-electron chi connectivity index (χ3n) is 3.37. The van der Waals surface area contributed by atoms with Crippen molar-refractivity contribution in [3.63, 3.8) is 0 Å². The summed E-state index contributed by atoms with van der Waals surface area (Å²) in [5.41, 5.74) is -0.389. The molecule has 1 amide bonds. The number of carbonyl (C=O) groups excluding carboxylic acids is 1. The topological polar surface area (TPSA) is 67.2 Å². The van der Waals surface area contributed by atoms with Crippen molar-refractivity contribution in [2.24, 2.45) is 0 Å². The zero-order valence-corrected chi connectivity index (χ0v) is 13.8. The lowest BCUT2D eigenvalue weighted by Crippen LogP contribution is -2.29. The summed E-state index contributed by atoms with van der Waals surface area (Å²) in [5, 5.41) is 5.59. The predicted octanol–water partition coefficient (Wildman–Crippen LogP) is 3.20. The maximum absolute atomic E-state index is 13.3. The van der Waals surface area contributed by atoms with Crippen molar-refractivity contribution in [3.8, 4) is 0 Å². The van der Waals surface area contributed by atoms with Crippen LogP contribution >= 0.6 is 0 Å². The molecule has 2 rings (SSSR count). The van der Waals surface area contributed by atoms with Gasteiger partial charge in [-0.05, 0) is 17.7 Å². The maximum Gasteiger partial charge on any atom is 0.420 e. The number of hydrogen-bond donors (Lipinski definition) is 2. The van der Waals surface area contributed by atoms with E-state index in [2.05, 4.69) is 15.6 Å². The fraction of sp³-hybridized carbons (Fsp3) is 0.500. The highest BCUT2D eigenvalue weighted by molar-refractivity contribution is 5.78. The van der Waals surface area contributed by atoms with Gasteiger partial charge in [-0.3, -0.25) is 4.79 Å². The summed E-state index contributed by atoms with van der Waals surface area (Å²) in [6.45, 7) is 6.12. The number of nitrogens with one attached hydrogen (secondary N) is 2. The summed E-state index contributed by atoms with van der Waals surface area (Å²) >= 11 is 0. The van der Waals surface area contributed by atoms with Crippen molar-refractivity contribution in [2.75, 3.05) is 13.1 Å². The van der Waals surface area contributed by atoms with Crippen LogP contribution in [-0.2, 0) is 17.5 Å². The number of amides is 1. The van der Waals surface area contributed by atoms with Crippen LogP contribution in [0.4, 0.5) is 13.2 Å². The molecule has 0 spiro atoms. The molecule has 1 heterocycles. The molecule has 0 aliphatic carbocycles. The molecular formula is C16H20F3N3O2. The van der Waals surface area contributed by atoms with Gasteiger partial charge in [-0.2, -0.15) is 13.2 Å². The number of aromatic nitrogens is 1. The summed E-state index contributed by atoms with van der Waals surface area (Å²) < 4.78 is 45.2. The molecule has 0 radical (unpaired) electrons. The second-order valence-corrected chi connectivity index (χ2v) is 5.86. The SMILES string of the molecule is CC(=O)NCCNCc1cc(C(F)(F)F)c2oc(C(C)C)nc2c1. The maximum atomic E-state index is 13.3. The third kappa shape index (κ3) is 4.47. The number of hydrogen-bond acceptors (Lipinski definition) is 4. The van der Waals surface area contributed by atoms with E-state index in [0.29, 0.717) is 18.7 Å². The van der Waals surface area contributed by atoms with Gasteiger partial charge in [0.25, 0.3) is 0 Å². The van der Waals surface area contributed by atoms with Crippen LogP contribution in [0, 0.1) is 0 Å². The minimum Gasteiger partial charge on any atom is -0.440 e. The van der Waals surface area contributed by atoms with Gasteiger partial charge in [-0.15, -0.1) is 0 Å². The van der Waals surface area contributed by atoms with Gasteiger partial charge in [0.15, 0.2) is 11.5 Å². The molecule has 2 aromatic rings. The summed E-state index contributed by atoms with van der Waals surface area (Å²) in [6, 6.07) is 2.66. The quantitative estimate of drug-likeness (QED) is 0.791. The number of oxazole rings is 1. The van der Waals surface area contributed by atoms with E-state index in [-0.39, 0.29) is 35.4 Å². The smallest absolute Gasteiger partial charge is 0.420 e. The van der Waals surface area contributed by atoms with E-state index >= 15 is 0 Å². The summed E-state index contributed by atoms with van der Waals surface area (Å²) in [6.07, 6.45) is -4.52. The molecule has 24 heavy (non-hydrogen) atoms. The Bertz CT molecular complexity index is 723. The number of fused-ring (bicyclic) bond motifs is 1. The number of carbonyl (C=O) groups is 1. The summed E-state index contributed by atoms with van der Waals surface area (Å²) in [7, 11) is 0. The Balaban J connectivity index is 2.23. The van der Waals surface area contributed by atoms with Gasteiger partial charge in [-0.25, -0.2) is 4.98 Å². The Labute approximate surface area is 137 Å². The first-order chi connectivity index (χ1) is 11.2. The first-order valence-corrected chi connectivity index (χ1v) is 7.64. The monoisotopic (exact) mass is 343 g/mol. The van der Waals surface area contributed by atoms with Crippen LogP contribution in [0.2, 0.25) is 0 Å². The molecule has 1 aromatic carbocycles. The fourth-order valence-corrected chi connectivity index (χ4v) is 2.23. The minimum absolute atomic E-state index is 0.0993. The number of benzene rings is 1. The fourth-order valence-electron chi connectivity index (χ4n) is 2.23. The lowest BCUT2D eigenvalue weighted by atomic mass is 10.1. The summed E-state index contributed by atoms with van der Waals surface area (Å²) in [4.78, 5) is 14.9. The zero-order chi connectivity index (χ0) is 17.9. The van der Waals surface area contributed by atoms with Gasteiger partial charge in [0.2, 0.25) is 5.91 Å². The van der Waals surface area contributed by atoms with Crippen LogP contribution in [0.1, 0.15) is 43.7 Å². The van der Waals surface area contributed by atoms with Gasteiger partial charge in [0, 0.05) is 32.5 Å². The van der Waals surface area contributed by atoms with E-state index < -0.39 is 11.7 Å². The average molecular weight is 343 g/mol. The largest absolute Gasteiger partial charge is 0.440 e. The highest BCUT2D eigenvalue weighted by Crippen LogP contribution is 2.37. The molecule has 0 aliphatic rings. The van der Waals surface area contributed by atoms with Crippen LogP contribution in [0.25, 0.3) is 11.1 Å². The van der Waals surface area contributed by atoms with E-state index in [1.807, 2.05) is 13.8 Å². The Hall–Kier alpha value is -2.09. The molecule has 5 nitrogen and oxygen atoms in total. The first kappa shape index (κ1) is 18.3. The number of rotatable bonds is 6. The van der Waals surface area contributed by atoms with Crippen molar-refractivity contribution in [2.45, 2.75) is 39.4 Å². The van der Waals surface area contributed by atoms with Crippen molar-refractivity contribution in [1.29, 1.82) is 0 Å². The predicted molar refractivity (Wildman–Crippen MR) is 83.5 cm³/mol. The van der Waals surface area contributed by atoms with Gasteiger partial charge >= 0.3 is 6.18 Å². The molecule has 0 aliphatic heterocycles. The van der Waals surface area contributed by atoms with Crippen molar-refractivity contribution in [1.82, 2.24) is 15.6 Å². The van der Waals surface area contributed by atoms with Crippen LogP contribution < -0.4 is 10.6 Å². The normalized spacial score (nSPS) is 12.1. The number of nitrogens with zero attached hydrogens (tertiary/aromatic N) is 1.